The molecule has 11 nitrogen and oxygen atoms in total. The molecule has 8 N–H and O–H groups in total. The molecule has 3 aliphatic heterocycles. The molecular weight excluding hydrogens is 502 g/mol. The molecule has 11 heteroatoms. The first kappa shape index (κ1) is 30.4. The van der Waals surface area contributed by atoms with Gasteiger partial charge in [-0.1, -0.05) is 59.2 Å². The SMILES string of the molecule is Cc1ccc(CNC23CNCCNCC(NCc4ccc(N=[N+]=[N-])cc4)(CNCCNC2)CNCCNC3)cc1. The van der Waals surface area contributed by atoms with Gasteiger partial charge in [-0.3, -0.25) is 0 Å². The van der Waals surface area contributed by atoms with Crippen molar-refractivity contribution in [3.8, 4) is 0 Å². The van der Waals surface area contributed by atoms with Crippen molar-refractivity contribution < 1.29 is 0 Å². The summed E-state index contributed by atoms with van der Waals surface area (Å²) in [4.78, 5) is 2.87. The number of benzene rings is 2. The van der Waals surface area contributed by atoms with Crippen molar-refractivity contribution in [3.63, 3.8) is 0 Å². The van der Waals surface area contributed by atoms with Crippen LogP contribution in [-0.2, 0) is 13.1 Å². The van der Waals surface area contributed by atoms with E-state index in [1.165, 1.54) is 11.1 Å². The maximum absolute atomic E-state index is 8.68. The quantitative estimate of drug-likeness (QED) is 0.144. The van der Waals surface area contributed by atoms with Crippen molar-refractivity contribution in [2.75, 3.05) is 78.5 Å². The molecule has 3 heterocycles. The lowest BCUT2D eigenvalue weighted by Crippen LogP contribution is -2.66. The van der Waals surface area contributed by atoms with Gasteiger partial charge in [0.2, 0.25) is 0 Å². The molecule has 0 atom stereocenters. The molecule has 0 aliphatic carbocycles. The number of fused-ring (bicyclic) bond motifs is 15. The van der Waals surface area contributed by atoms with E-state index in [1.54, 1.807) is 0 Å². The van der Waals surface area contributed by atoms with Crippen LogP contribution in [0, 0.1) is 6.92 Å². The predicted molar refractivity (Wildman–Crippen MR) is 163 cm³/mol. The Bertz CT molecular complexity index is 1010. The van der Waals surface area contributed by atoms with Crippen LogP contribution in [0.2, 0.25) is 0 Å². The molecule has 0 spiro atoms. The summed E-state index contributed by atoms with van der Waals surface area (Å²) < 4.78 is 0. The summed E-state index contributed by atoms with van der Waals surface area (Å²) in [6.07, 6.45) is 0. The highest BCUT2D eigenvalue weighted by atomic mass is 15.2. The molecule has 5 rings (SSSR count). The van der Waals surface area contributed by atoms with Gasteiger partial charge in [-0.2, -0.15) is 0 Å². The Morgan fingerprint density at radius 1 is 0.625 bits per heavy atom. The summed E-state index contributed by atoms with van der Waals surface area (Å²) in [6.45, 7) is 14.2. The van der Waals surface area contributed by atoms with E-state index in [0.717, 1.165) is 97.2 Å². The molecule has 2 aromatic carbocycles. The molecule has 0 aromatic heterocycles. The zero-order chi connectivity index (χ0) is 27.9. The Balaban J connectivity index is 1.42. The van der Waals surface area contributed by atoms with Gasteiger partial charge in [0, 0.05) is 102 Å². The monoisotopic (exact) mass is 549 g/mol. The third-order valence-electron chi connectivity index (χ3n) is 7.77. The van der Waals surface area contributed by atoms with Crippen LogP contribution in [0.5, 0.6) is 0 Å². The van der Waals surface area contributed by atoms with Crippen LogP contribution in [-0.4, -0.2) is 89.6 Å². The molecule has 2 bridgehead atoms. The molecule has 0 saturated carbocycles. The number of aryl methyl sites for hydroxylation is 1. The zero-order valence-electron chi connectivity index (χ0n) is 23.9. The van der Waals surface area contributed by atoms with Gasteiger partial charge >= 0.3 is 0 Å². The molecule has 40 heavy (non-hydrogen) atoms. The Hall–Kier alpha value is -2.57. The minimum atomic E-state index is -0.170. The van der Waals surface area contributed by atoms with Crippen LogP contribution in [0.3, 0.4) is 0 Å². The van der Waals surface area contributed by atoms with Gasteiger partial charge in [-0.05, 0) is 23.6 Å². The van der Waals surface area contributed by atoms with Gasteiger partial charge in [0.1, 0.15) is 0 Å². The Morgan fingerprint density at radius 3 is 1.32 bits per heavy atom. The lowest BCUT2D eigenvalue weighted by molar-refractivity contribution is 0.253. The van der Waals surface area contributed by atoms with Crippen molar-refractivity contribution in [1.29, 1.82) is 0 Å². The highest BCUT2D eigenvalue weighted by Gasteiger charge is 2.31. The summed E-state index contributed by atoms with van der Waals surface area (Å²) in [5, 5.41) is 33.8. The van der Waals surface area contributed by atoms with Crippen LogP contribution in [0.15, 0.2) is 53.6 Å². The fourth-order valence-electron chi connectivity index (χ4n) is 5.26. The first-order valence-corrected chi connectivity index (χ1v) is 14.5. The second-order valence-electron chi connectivity index (χ2n) is 11.2. The minimum Gasteiger partial charge on any atom is -0.314 e. The predicted octanol–water partition coefficient (Wildman–Crippen LogP) is 0.859. The van der Waals surface area contributed by atoms with Gasteiger partial charge in [-0.25, -0.2) is 0 Å². The maximum Gasteiger partial charge on any atom is 0.0561 e. The lowest BCUT2D eigenvalue weighted by atomic mass is 9.96. The molecule has 2 aromatic rings. The first-order valence-electron chi connectivity index (χ1n) is 14.5. The number of nitrogens with one attached hydrogen (secondary N) is 8. The summed E-state index contributed by atoms with van der Waals surface area (Å²) in [7, 11) is 0. The highest BCUT2D eigenvalue weighted by Crippen LogP contribution is 2.14. The largest absolute Gasteiger partial charge is 0.314 e. The second kappa shape index (κ2) is 16.0. The van der Waals surface area contributed by atoms with E-state index in [9.17, 15) is 0 Å². The molecule has 218 valence electrons. The van der Waals surface area contributed by atoms with Crippen molar-refractivity contribution >= 4 is 5.69 Å². The van der Waals surface area contributed by atoms with Crippen LogP contribution < -0.4 is 42.5 Å². The van der Waals surface area contributed by atoms with E-state index in [1.807, 2.05) is 24.3 Å². The molecule has 3 aliphatic rings. The van der Waals surface area contributed by atoms with Gasteiger partial charge in [0.25, 0.3) is 0 Å². The van der Waals surface area contributed by atoms with Crippen LogP contribution in [0.1, 0.15) is 16.7 Å². The van der Waals surface area contributed by atoms with E-state index >= 15 is 0 Å². The average Bonchev–Trinajstić information content (AvgIpc) is 2.97. The number of nitrogens with zero attached hydrogens (tertiary/aromatic N) is 3. The molecule has 0 amide bonds. The molecule has 0 unspecified atom stereocenters. The van der Waals surface area contributed by atoms with E-state index in [4.69, 9.17) is 5.53 Å². The number of rotatable bonds is 7. The van der Waals surface area contributed by atoms with Crippen LogP contribution in [0.4, 0.5) is 5.69 Å². The van der Waals surface area contributed by atoms with Crippen molar-refractivity contribution in [3.05, 3.63) is 75.7 Å². The highest BCUT2D eigenvalue weighted by molar-refractivity contribution is 5.38. The Labute approximate surface area is 238 Å². The van der Waals surface area contributed by atoms with E-state index in [0.29, 0.717) is 5.69 Å². The summed E-state index contributed by atoms with van der Waals surface area (Å²) in [5.74, 6) is 0. The maximum atomic E-state index is 8.68. The fourth-order valence-corrected chi connectivity index (χ4v) is 5.26. The minimum absolute atomic E-state index is 0.113. The zero-order valence-corrected chi connectivity index (χ0v) is 23.9. The van der Waals surface area contributed by atoms with E-state index < -0.39 is 0 Å². The average molecular weight is 550 g/mol. The normalized spacial score (nSPS) is 25.4. The van der Waals surface area contributed by atoms with Crippen LogP contribution in [0.25, 0.3) is 10.4 Å². The Morgan fingerprint density at radius 2 is 0.975 bits per heavy atom. The van der Waals surface area contributed by atoms with Gasteiger partial charge in [0.05, 0.1) is 11.1 Å². The molecule has 0 radical (unpaired) electrons. The number of hydrogen-bond acceptors (Lipinski definition) is 9. The molecular formula is C29H47N11. The molecule has 3 saturated heterocycles. The van der Waals surface area contributed by atoms with E-state index in [2.05, 4.69) is 83.7 Å². The number of azide groups is 1. The van der Waals surface area contributed by atoms with Crippen molar-refractivity contribution in [2.45, 2.75) is 31.1 Å². The van der Waals surface area contributed by atoms with Gasteiger partial charge < -0.3 is 42.5 Å². The summed E-state index contributed by atoms with van der Waals surface area (Å²) >= 11 is 0. The first-order chi connectivity index (χ1) is 19.6. The summed E-state index contributed by atoms with van der Waals surface area (Å²) in [6, 6.07) is 16.6. The van der Waals surface area contributed by atoms with Crippen LogP contribution >= 0.6 is 0 Å². The van der Waals surface area contributed by atoms with Gasteiger partial charge in [0.15, 0.2) is 0 Å². The van der Waals surface area contributed by atoms with Crippen molar-refractivity contribution in [2.24, 2.45) is 5.11 Å². The third kappa shape index (κ3) is 9.81. The fraction of sp³-hybridized carbons (Fsp3) is 0.586. The summed E-state index contributed by atoms with van der Waals surface area (Å²) in [5.41, 5.74) is 12.8. The topological polar surface area (TPSA) is 145 Å². The molecule has 3 fully saturated rings. The van der Waals surface area contributed by atoms with E-state index in [-0.39, 0.29) is 11.1 Å². The smallest absolute Gasteiger partial charge is 0.0561 e. The number of hydrogen-bond donors (Lipinski definition) is 8. The van der Waals surface area contributed by atoms with Gasteiger partial charge in [-0.15, -0.1) is 0 Å². The lowest BCUT2D eigenvalue weighted by Gasteiger charge is -2.39. The third-order valence-corrected chi connectivity index (χ3v) is 7.77. The Kier molecular flexibility index (Phi) is 12.2. The standard InChI is InChI=1S/C29H47N11/c1-24-2-4-25(5-3-24)16-37-28-18-31-10-13-34-21-29(22-35-14-11-32-19-28,23-36-15-12-33-20-28)38-17-26-6-8-27(9-7-26)39-40-30/h2-9,31-38H,10-23H2,1H3. The van der Waals surface area contributed by atoms with Crippen molar-refractivity contribution in [1.82, 2.24) is 42.5 Å². The second-order valence-corrected chi connectivity index (χ2v) is 11.2.